The van der Waals surface area contributed by atoms with Crippen molar-refractivity contribution in [1.82, 2.24) is 0 Å². The number of nitrogens with two attached hydrogens (primary N) is 1. The molecule has 2 aromatic rings. The van der Waals surface area contributed by atoms with Gasteiger partial charge in [0.15, 0.2) is 0 Å². The van der Waals surface area contributed by atoms with Gasteiger partial charge in [0.1, 0.15) is 5.75 Å². The Morgan fingerprint density at radius 2 is 1.92 bits per heavy atom. The van der Waals surface area contributed by atoms with Crippen molar-refractivity contribution in [2.45, 2.75) is 6.92 Å². The van der Waals surface area contributed by atoms with Gasteiger partial charge >= 0.3 is 0 Å². The molecule has 0 aliphatic rings. The molecule has 0 unspecified atom stereocenters. The second kappa shape index (κ2) is 2.66. The quantitative estimate of drug-likeness (QED) is 0.474. The number of hydrogen-bond donors (Lipinski definition) is 2. The third kappa shape index (κ3) is 1.20. The second-order valence-electron chi connectivity index (χ2n) is 3.22. The summed E-state index contributed by atoms with van der Waals surface area (Å²) in [6, 6.07) is 9.45. The summed E-state index contributed by atoms with van der Waals surface area (Å²) in [5.74, 6) is 0.149. The summed E-state index contributed by atoms with van der Waals surface area (Å²) in [6.45, 7) is 2.03. The van der Waals surface area contributed by atoms with E-state index in [1.165, 1.54) is 5.56 Å². The summed E-state index contributed by atoms with van der Waals surface area (Å²) in [6.07, 6.45) is 0. The lowest BCUT2D eigenvalue weighted by Gasteiger charge is -2.04. The van der Waals surface area contributed by atoms with Gasteiger partial charge < -0.3 is 10.8 Å². The van der Waals surface area contributed by atoms with E-state index in [4.69, 9.17) is 5.73 Å². The van der Waals surface area contributed by atoms with Crippen LogP contribution in [-0.2, 0) is 0 Å². The molecule has 2 heteroatoms. The lowest BCUT2D eigenvalue weighted by atomic mass is 10.1. The van der Waals surface area contributed by atoms with Crippen molar-refractivity contribution in [3.8, 4) is 5.75 Å². The predicted octanol–water partition coefficient (Wildman–Crippen LogP) is 2.44. The summed E-state index contributed by atoms with van der Waals surface area (Å²) in [5, 5.41) is 11.3. The van der Waals surface area contributed by atoms with Crippen molar-refractivity contribution >= 4 is 16.5 Å². The summed E-state index contributed by atoms with van der Waals surface area (Å²) in [7, 11) is 0. The SMILES string of the molecule is Cc1ccc2c(N)c(O)ccc2c1. The van der Waals surface area contributed by atoms with Crippen LogP contribution in [0, 0.1) is 6.92 Å². The van der Waals surface area contributed by atoms with Gasteiger partial charge in [-0.3, -0.25) is 0 Å². The highest BCUT2D eigenvalue weighted by Crippen LogP contribution is 2.29. The Hall–Kier alpha value is -1.70. The van der Waals surface area contributed by atoms with E-state index in [0.29, 0.717) is 5.69 Å². The van der Waals surface area contributed by atoms with Gasteiger partial charge in [0.05, 0.1) is 5.69 Å². The van der Waals surface area contributed by atoms with Crippen LogP contribution in [0.2, 0.25) is 0 Å². The van der Waals surface area contributed by atoms with Crippen molar-refractivity contribution < 1.29 is 5.11 Å². The molecule has 0 fully saturated rings. The average molecular weight is 173 g/mol. The number of phenolic OH excluding ortho intramolecular Hbond substituents is 1. The molecule has 66 valence electrons. The number of phenols is 1. The molecule has 0 bridgehead atoms. The summed E-state index contributed by atoms with van der Waals surface area (Å²) >= 11 is 0. The minimum Gasteiger partial charge on any atom is -0.506 e. The topological polar surface area (TPSA) is 46.2 Å². The molecule has 0 aromatic heterocycles. The van der Waals surface area contributed by atoms with Crippen LogP contribution in [0.3, 0.4) is 0 Å². The first kappa shape index (κ1) is 7.92. The number of benzene rings is 2. The van der Waals surface area contributed by atoms with Gasteiger partial charge in [-0.15, -0.1) is 0 Å². The van der Waals surface area contributed by atoms with Crippen molar-refractivity contribution in [2.24, 2.45) is 0 Å². The summed E-state index contributed by atoms with van der Waals surface area (Å²) in [5.41, 5.74) is 7.37. The number of nitrogen functional groups attached to an aromatic ring is 1. The van der Waals surface area contributed by atoms with E-state index in [9.17, 15) is 5.11 Å². The lowest BCUT2D eigenvalue weighted by Crippen LogP contribution is -1.87. The number of aromatic hydroxyl groups is 1. The first-order valence-corrected chi connectivity index (χ1v) is 4.16. The van der Waals surface area contributed by atoms with E-state index in [1.54, 1.807) is 6.07 Å². The monoisotopic (exact) mass is 173 g/mol. The maximum absolute atomic E-state index is 9.36. The molecule has 3 N–H and O–H groups in total. The zero-order valence-electron chi connectivity index (χ0n) is 7.41. The fourth-order valence-electron chi connectivity index (χ4n) is 1.46. The van der Waals surface area contributed by atoms with E-state index in [0.717, 1.165) is 10.8 Å². The predicted molar refractivity (Wildman–Crippen MR) is 54.8 cm³/mol. The largest absolute Gasteiger partial charge is 0.506 e. The fraction of sp³-hybridized carbons (Fsp3) is 0.0909. The normalized spacial score (nSPS) is 10.5. The Kier molecular flexibility index (Phi) is 1.62. The zero-order chi connectivity index (χ0) is 9.42. The highest BCUT2D eigenvalue weighted by molar-refractivity contribution is 5.95. The van der Waals surface area contributed by atoms with Crippen molar-refractivity contribution in [3.63, 3.8) is 0 Å². The molecule has 13 heavy (non-hydrogen) atoms. The number of fused-ring (bicyclic) bond motifs is 1. The molecule has 0 aliphatic carbocycles. The van der Waals surface area contributed by atoms with Gasteiger partial charge in [-0.05, 0) is 18.4 Å². The van der Waals surface area contributed by atoms with Gasteiger partial charge in [-0.1, -0.05) is 29.8 Å². The van der Waals surface area contributed by atoms with Crippen LogP contribution in [-0.4, -0.2) is 5.11 Å². The Labute approximate surface area is 76.6 Å². The molecule has 0 saturated carbocycles. The molecule has 0 heterocycles. The lowest BCUT2D eigenvalue weighted by molar-refractivity contribution is 0.478. The number of anilines is 1. The summed E-state index contributed by atoms with van der Waals surface area (Å²) < 4.78 is 0. The molecule has 0 saturated heterocycles. The molecular formula is C11H11NO. The van der Waals surface area contributed by atoms with Crippen LogP contribution in [0.15, 0.2) is 30.3 Å². The molecule has 0 aliphatic heterocycles. The highest BCUT2D eigenvalue weighted by Gasteiger charge is 2.01. The highest BCUT2D eigenvalue weighted by atomic mass is 16.3. The van der Waals surface area contributed by atoms with E-state index in [-0.39, 0.29) is 5.75 Å². The van der Waals surface area contributed by atoms with Crippen LogP contribution < -0.4 is 5.73 Å². The minimum absolute atomic E-state index is 0.149. The van der Waals surface area contributed by atoms with E-state index < -0.39 is 0 Å². The van der Waals surface area contributed by atoms with Gasteiger partial charge in [-0.25, -0.2) is 0 Å². The smallest absolute Gasteiger partial charge is 0.139 e. The number of hydrogen-bond acceptors (Lipinski definition) is 2. The van der Waals surface area contributed by atoms with Crippen LogP contribution >= 0.6 is 0 Å². The standard InChI is InChI=1S/C11H11NO/c1-7-2-4-9-8(6-7)3-5-10(13)11(9)12/h2-6,13H,12H2,1H3. The van der Waals surface area contributed by atoms with Crippen molar-refractivity contribution in [3.05, 3.63) is 35.9 Å². The molecule has 0 amide bonds. The van der Waals surface area contributed by atoms with Gasteiger partial charge in [0.25, 0.3) is 0 Å². The summed E-state index contributed by atoms with van der Waals surface area (Å²) in [4.78, 5) is 0. The van der Waals surface area contributed by atoms with Gasteiger partial charge in [-0.2, -0.15) is 0 Å². The van der Waals surface area contributed by atoms with E-state index in [2.05, 4.69) is 0 Å². The third-order valence-electron chi connectivity index (χ3n) is 2.19. The van der Waals surface area contributed by atoms with Crippen LogP contribution in [0.1, 0.15) is 5.56 Å². The maximum atomic E-state index is 9.36. The molecule has 0 atom stereocenters. The first-order valence-electron chi connectivity index (χ1n) is 4.16. The van der Waals surface area contributed by atoms with Crippen molar-refractivity contribution in [2.75, 3.05) is 5.73 Å². The maximum Gasteiger partial charge on any atom is 0.139 e. The van der Waals surface area contributed by atoms with Crippen LogP contribution in [0.25, 0.3) is 10.8 Å². The zero-order valence-corrected chi connectivity index (χ0v) is 7.41. The van der Waals surface area contributed by atoms with Crippen LogP contribution in [0.5, 0.6) is 5.75 Å². The fourth-order valence-corrected chi connectivity index (χ4v) is 1.46. The van der Waals surface area contributed by atoms with Crippen molar-refractivity contribution in [1.29, 1.82) is 0 Å². The Balaban J connectivity index is 2.87. The Morgan fingerprint density at radius 1 is 1.15 bits per heavy atom. The average Bonchev–Trinajstić information content (AvgIpc) is 2.12. The number of aryl methyl sites for hydroxylation is 1. The molecule has 0 radical (unpaired) electrons. The van der Waals surface area contributed by atoms with E-state index >= 15 is 0 Å². The van der Waals surface area contributed by atoms with Gasteiger partial charge in [0, 0.05) is 5.39 Å². The van der Waals surface area contributed by atoms with Crippen LogP contribution in [0.4, 0.5) is 5.69 Å². The second-order valence-corrected chi connectivity index (χ2v) is 3.22. The first-order chi connectivity index (χ1) is 6.18. The minimum atomic E-state index is 0.149. The Morgan fingerprint density at radius 3 is 2.69 bits per heavy atom. The van der Waals surface area contributed by atoms with E-state index in [1.807, 2.05) is 31.2 Å². The molecule has 2 aromatic carbocycles. The molecule has 2 nitrogen and oxygen atoms in total. The molecule has 2 rings (SSSR count). The Bertz CT molecular complexity index is 463. The molecular weight excluding hydrogens is 162 g/mol. The number of rotatable bonds is 0. The molecule has 0 spiro atoms. The van der Waals surface area contributed by atoms with Gasteiger partial charge in [0.2, 0.25) is 0 Å². The third-order valence-corrected chi connectivity index (χ3v) is 2.19.